The Bertz CT molecular complexity index is 1580. The normalized spacial score (nSPS) is 14.1. The van der Waals surface area contributed by atoms with Gasteiger partial charge in [0.15, 0.2) is 0 Å². The van der Waals surface area contributed by atoms with E-state index < -0.39 is 26.6 Å². The molecule has 79 heavy (non-hydrogen) atoms. The van der Waals surface area contributed by atoms with E-state index in [1.165, 1.54) is 173 Å². The van der Waals surface area contributed by atoms with Crippen molar-refractivity contribution in [2.24, 2.45) is 0 Å². The highest BCUT2D eigenvalue weighted by molar-refractivity contribution is 7.45. The fraction of sp³-hybridized carbons (Fsp3) is 0.797. The zero-order valence-corrected chi connectivity index (χ0v) is 53.5. The summed E-state index contributed by atoms with van der Waals surface area (Å²) >= 11 is 0. The molecule has 0 saturated heterocycles. The molecule has 0 heterocycles. The summed E-state index contributed by atoms with van der Waals surface area (Å²) in [5.41, 5.74) is 0. The minimum absolute atomic E-state index is 0.0265. The van der Waals surface area contributed by atoms with Gasteiger partial charge in [-0.1, -0.05) is 261 Å². The summed E-state index contributed by atoms with van der Waals surface area (Å²) in [6, 6.07) is -0.898. The molecule has 460 valence electrons. The number of quaternary nitrogens is 1. The fourth-order valence-corrected chi connectivity index (χ4v) is 10.2. The van der Waals surface area contributed by atoms with Gasteiger partial charge in [-0.25, -0.2) is 0 Å². The fourth-order valence-electron chi connectivity index (χ4n) is 9.44. The molecule has 0 bridgehead atoms. The van der Waals surface area contributed by atoms with Gasteiger partial charge in [0.1, 0.15) is 19.3 Å². The molecule has 10 heteroatoms. The molecule has 3 unspecified atom stereocenters. The predicted octanol–water partition coefficient (Wildman–Crippen LogP) is 20.2. The Labute approximate surface area is 489 Å². The third kappa shape index (κ3) is 59.9. The van der Waals surface area contributed by atoms with Gasteiger partial charge in [0, 0.05) is 12.8 Å². The minimum Gasteiger partial charge on any atom is -0.756 e. The number of hydrogen-bond acceptors (Lipinski definition) is 7. The van der Waals surface area contributed by atoms with Crippen LogP contribution in [0, 0.1) is 0 Å². The molecule has 0 aliphatic carbocycles. The number of amides is 1. The van der Waals surface area contributed by atoms with E-state index in [1.807, 2.05) is 33.3 Å². The summed E-state index contributed by atoms with van der Waals surface area (Å²) in [5.74, 6) is -0.558. The first-order valence-corrected chi connectivity index (χ1v) is 34.7. The quantitative estimate of drug-likeness (QED) is 0.0212. The predicted molar refractivity (Wildman–Crippen MR) is 339 cm³/mol. The van der Waals surface area contributed by atoms with Crippen LogP contribution in [0.15, 0.2) is 72.9 Å². The number of unbranched alkanes of at least 4 members (excludes halogenated alkanes) is 34. The number of esters is 1. The van der Waals surface area contributed by atoms with E-state index in [2.05, 4.69) is 86.8 Å². The van der Waals surface area contributed by atoms with E-state index >= 15 is 0 Å². The molecule has 0 saturated carbocycles. The van der Waals surface area contributed by atoms with Gasteiger partial charge in [-0.05, 0) is 102 Å². The van der Waals surface area contributed by atoms with Crippen LogP contribution in [0.1, 0.15) is 303 Å². The van der Waals surface area contributed by atoms with Crippen LogP contribution in [-0.2, 0) is 27.9 Å². The zero-order chi connectivity index (χ0) is 57.9. The third-order valence-corrected chi connectivity index (χ3v) is 15.6. The topological polar surface area (TPSA) is 114 Å². The summed E-state index contributed by atoms with van der Waals surface area (Å²) in [6.45, 7) is 6.81. The number of nitrogens with zero attached hydrogens (tertiary/aromatic N) is 1. The maximum Gasteiger partial charge on any atom is 0.306 e. The van der Waals surface area contributed by atoms with Gasteiger partial charge in [0.05, 0.1) is 33.8 Å². The highest BCUT2D eigenvalue weighted by Crippen LogP contribution is 2.38. The third-order valence-electron chi connectivity index (χ3n) is 14.6. The maximum atomic E-state index is 13.6. The first-order valence-electron chi connectivity index (χ1n) is 33.2. The van der Waals surface area contributed by atoms with Crippen molar-refractivity contribution in [1.82, 2.24) is 5.32 Å². The van der Waals surface area contributed by atoms with E-state index in [1.54, 1.807) is 0 Å². The standard InChI is InChI=1S/C69H127N2O7P/c1-7-10-13-16-19-22-25-28-29-30-31-32-33-34-35-36-37-38-39-40-41-44-46-49-52-55-58-61-68(72)70-66(65-77-79(74,75)76-64-63-71(4,5)6)67(60-57-54-51-48-45-42-26-23-20-17-14-11-8-2)78-69(73)62-59-56-53-50-47-43-27-24-21-18-15-12-9-3/h19,22,28-29,31-32,34-35,43,47,57,60,66-67H,7-18,20-21,23-27,30,33,36-42,44-46,48-56,58-59,61-65H2,1-6H3,(H-,70,72,74,75)/b22-19-,29-28-,32-31-,35-34-,47-43-,60-57-. The molecule has 0 spiro atoms. The average molecular weight is 1130 g/mol. The minimum atomic E-state index is -4.71. The number of rotatable bonds is 60. The van der Waals surface area contributed by atoms with Crippen LogP contribution in [0.2, 0.25) is 0 Å². The van der Waals surface area contributed by atoms with Crippen molar-refractivity contribution in [3.63, 3.8) is 0 Å². The van der Waals surface area contributed by atoms with Crippen LogP contribution < -0.4 is 10.2 Å². The van der Waals surface area contributed by atoms with E-state index in [0.717, 1.165) is 89.9 Å². The van der Waals surface area contributed by atoms with Crippen LogP contribution in [0.5, 0.6) is 0 Å². The second-order valence-electron chi connectivity index (χ2n) is 23.6. The molecule has 0 aliphatic rings. The van der Waals surface area contributed by atoms with Crippen molar-refractivity contribution in [2.75, 3.05) is 40.9 Å². The second kappa shape index (κ2) is 58.6. The first kappa shape index (κ1) is 76.5. The van der Waals surface area contributed by atoms with Gasteiger partial charge in [-0.15, -0.1) is 0 Å². The lowest BCUT2D eigenvalue weighted by molar-refractivity contribution is -0.870. The zero-order valence-electron chi connectivity index (χ0n) is 52.6. The van der Waals surface area contributed by atoms with Gasteiger partial charge in [0.25, 0.3) is 7.82 Å². The van der Waals surface area contributed by atoms with Crippen molar-refractivity contribution < 1.29 is 37.3 Å². The maximum absolute atomic E-state index is 13.6. The first-order chi connectivity index (χ1) is 38.4. The summed E-state index contributed by atoms with van der Waals surface area (Å²) in [7, 11) is 1.18. The lowest BCUT2D eigenvalue weighted by atomic mass is 10.0. The Morgan fingerprint density at radius 2 is 0.772 bits per heavy atom. The van der Waals surface area contributed by atoms with Crippen molar-refractivity contribution in [3.8, 4) is 0 Å². The number of carbonyl (C=O) groups excluding carboxylic acids is 2. The Morgan fingerprint density at radius 3 is 1.20 bits per heavy atom. The molecule has 1 amide bonds. The van der Waals surface area contributed by atoms with Crippen LogP contribution in [0.4, 0.5) is 0 Å². The van der Waals surface area contributed by atoms with E-state index in [0.29, 0.717) is 23.9 Å². The molecule has 0 rings (SSSR count). The molecule has 0 aromatic carbocycles. The molecule has 3 atom stereocenters. The molecule has 0 aliphatic heterocycles. The van der Waals surface area contributed by atoms with Crippen molar-refractivity contribution in [2.45, 2.75) is 315 Å². The smallest absolute Gasteiger partial charge is 0.306 e. The monoisotopic (exact) mass is 1130 g/mol. The molecule has 0 fully saturated rings. The van der Waals surface area contributed by atoms with Gasteiger partial charge in [-0.2, -0.15) is 0 Å². The Hall–Kier alpha value is -2.55. The number of nitrogens with one attached hydrogen (secondary N) is 1. The van der Waals surface area contributed by atoms with Crippen molar-refractivity contribution >= 4 is 19.7 Å². The highest BCUT2D eigenvalue weighted by atomic mass is 31.2. The average Bonchev–Trinajstić information content (AvgIpc) is 3.41. The number of likely N-dealkylation sites (N-methyl/N-ethyl adjacent to an activating group) is 1. The summed E-state index contributed by atoms with van der Waals surface area (Å²) < 4.78 is 30.3. The summed E-state index contributed by atoms with van der Waals surface area (Å²) in [6.07, 6.45) is 75.9. The summed E-state index contributed by atoms with van der Waals surface area (Å²) in [5, 5.41) is 3.03. The van der Waals surface area contributed by atoms with Crippen LogP contribution in [0.3, 0.4) is 0 Å². The largest absolute Gasteiger partial charge is 0.756 e. The molecule has 0 aromatic heterocycles. The Balaban J connectivity index is 5.09. The molecular weight excluding hydrogens is 1000 g/mol. The number of phosphoric ester groups is 1. The van der Waals surface area contributed by atoms with Gasteiger partial charge in [0.2, 0.25) is 5.91 Å². The molecule has 9 nitrogen and oxygen atoms in total. The van der Waals surface area contributed by atoms with Crippen molar-refractivity contribution in [1.29, 1.82) is 0 Å². The number of hydrogen-bond donors (Lipinski definition) is 1. The Morgan fingerprint density at radius 1 is 0.443 bits per heavy atom. The van der Waals surface area contributed by atoms with Gasteiger partial charge >= 0.3 is 5.97 Å². The number of ether oxygens (including phenoxy) is 1. The molecule has 0 aromatic rings. The molecular formula is C69H127N2O7P. The van der Waals surface area contributed by atoms with Crippen LogP contribution >= 0.6 is 7.82 Å². The van der Waals surface area contributed by atoms with E-state index in [-0.39, 0.29) is 24.9 Å². The number of carbonyl (C=O) groups is 2. The van der Waals surface area contributed by atoms with Crippen molar-refractivity contribution in [3.05, 3.63) is 72.9 Å². The van der Waals surface area contributed by atoms with Gasteiger partial charge in [-0.3, -0.25) is 14.2 Å². The molecule has 0 radical (unpaired) electrons. The number of phosphoric acid groups is 1. The second-order valence-corrected chi connectivity index (χ2v) is 25.0. The lowest BCUT2D eigenvalue weighted by Gasteiger charge is -2.30. The number of allylic oxidation sites excluding steroid dienone is 11. The lowest BCUT2D eigenvalue weighted by Crippen LogP contribution is -2.47. The SMILES string of the molecule is CCCCC/C=C\C/C=C\C/C=C\C/C=C\CCCCCCCCCCCCCC(=O)NC(COP(=O)([O-])OCC[N+](C)(C)C)C(/C=C\CCCCCCCCCCCCC)OC(=O)CCCCC/C=C\CCCCCCCC. The van der Waals surface area contributed by atoms with E-state index in [4.69, 9.17) is 13.8 Å². The highest BCUT2D eigenvalue weighted by Gasteiger charge is 2.27. The van der Waals surface area contributed by atoms with Gasteiger partial charge < -0.3 is 28.5 Å². The molecule has 1 N–H and O–H groups in total. The van der Waals surface area contributed by atoms with E-state index in [9.17, 15) is 19.0 Å². The summed E-state index contributed by atoms with van der Waals surface area (Å²) in [4.78, 5) is 40.0. The van der Waals surface area contributed by atoms with Crippen LogP contribution in [0.25, 0.3) is 0 Å². The Kier molecular flexibility index (Phi) is 56.7. The van der Waals surface area contributed by atoms with Crippen LogP contribution in [-0.4, -0.2) is 69.4 Å².